The molecule has 0 fully saturated rings. The van der Waals surface area contributed by atoms with E-state index in [4.69, 9.17) is 0 Å². The third-order valence-electron chi connectivity index (χ3n) is 9.61. The molecule has 0 amide bonds. The third kappa shape index (κ3) is 4.87. The second kappa shape index (κ2) is 11.8. The van der Waals surface area contributed by atoms with E-state index in [9.17, 15) is 0 Å². The maximum atomic E-state index is 2.43. The molecule has 0 heterocycles. The molecular formula is C48H32. The molecular weight excluding hydrogens is 577 g/mol. The predicted molar refractivity (Wildman–Crippen MR) is 206 cm³/mol. The van der Waals surface area contributed by atoms with Crippen LogP contribution in [0.3, 0.4) is 0 Å². The number of fused-ring (bicyclic) bond motifs is 3. The molecule has 0 bridgehead atoms. The fourth-order valence-electron chi connectivity index (χ4n) is 7.41. The average Bonchev–Trinajstić information content (AvgIpc) is 3.17. The monoisotopic (exact) mass is 608 g/mol. The largest absolute Gasteiger partial charge is 0.0622 e. The summed E-state index contributed by atoms with van der Waals surface area (Å²) in [4.78, 5) is 0. The Hall–Kier alpha value is -6.24. The minimum absolute atomic E-state index is 1.21. The highest BCUT2D eigenvalue weighted by molar-refractivity contribution is 6.23. The van der Waals surface area contributed by atoms with Gasteiger partial charge in [0.05, 0.1) is 0 Å². The molecule has 0 saturated carbocycles. The van der Waals surface area contributed by atoms with Crippen LogP contribution in [-0.4, -0.2) is 0 Å². The van der Waals surface area contributed by atoms with E-state index in [2.05, 4.69) is 194 Å². The first-order valence-corrected chi connectivity index (χ1v) is 16.6. The van der Waals surface area contributed by atoms with Crippen LogP contribution in [0.2, 0.25) is 0 Å². The van der Waals surface area contributed by atoms with Crippen molar-refractivity contribution in [3.8, 4) is 55.6 Å². The first-order valence-electron chi connectivity index (χ1n) is 16.6. The lowest BCUT2D eigenvalue weighted by Gasteiger charge is -2.20. The molecule has 0 aliphatic heterocycles. The Balaban J connectivity index is 1.36. The summed E-state index contributed by atoms with van der Waals surface area (Å²) >= 11 is 0. The van der Waals surface area contributed by atoms with Gasteiger partial charge in [-0.1, -0.05) is 164 Å². The van der Waals surface area contributed by atoms with E-state index in [0.717, 1.165) is 0 Å². The summed E-state index contributed by atoms with van der Waals surface area (Å²) in [6.07, 6.45) is 0. The molecule has 0 aliphatic rings. The Bertz CT molecular complexity index is 2460. The van der Waals surface area contributed by atoms with Crippen LogP contribution in [-0.2, 0) is 0 Å². The van der Waals surface area contributed by atoms with Gasteiger partial charge in [0.2, 0.25) is 0 Å². The Morgan fingerprint density at radius 1 is 0.208 bits per heavy atom. The van der Waals surface area contributed by atoms with Crippen LogP contribution < -0.4 is 0 Å². The Morgan fingerprint density at radius 2 is 0.562 bits per heavy atom. The molecule has 224 valence electrons. The quantitative estimate of drug-likeness (QED) is 0.171. The molecule has 0 N–H and O–H groups in total. The van der Waals surface area contributed by atoms with E-state index in [1.54, 1.807) is 0 Å². The Morgan fingerprint density at radius 3 is 1.06 bits per heavy atom. The van der Waals surface area contributed by atoms with Crippen molar-refractivity contribution in [3.05, 3.63) is 194 Å². The van der Waals surface area contributed by atoms with Gasteiger partial charge in [0.1, 0.15) is 0 Å². The van der Waals surface area contributed by atoms with Gasteiger partial charge in [0, 0.05) is 0 Å². The van der Waals surface area contributed by atoms with E-state index >= 15 is 0 Å². The smallest absolute Gasteiger partial charge is 0.00199 e. The van der Waals surface area contributed by atoms with Crippen molar-refractivity contribution in [3.63, 3.8) is 0 Å². The fraction of sp³-hybridized carbons (Fsp3) is 0. The minimum atomic E-state index is 1.21. The van der Waals surface area contributed by atoms with Gasteiger partial charge in [-0.25, -0.2) is 0 Å². The maximum absolute atomic E-state index is 2.43. The van der Waals surface area contributed by atoms with Crippen LogP contribution in [0.15, 0.2) is 194 Å². The average molecular weight is 609 g/mol. The second-order valence-electron chi connectivity index (χ2n) is 12.5. The lowest BCUT2D eigenvalue weighted by molar-refractivity contribution is 1.57. The SMILES string of the molecule is c1ccc(-c2cc(-c3ccccc3)cc(-c3cc(-c4c5ccccc5c(-c5ccccc5)c5ccccc45)c4ccccc4c3)c2)cc1. The summed E-state index contributed by atoms with van der Waals surface area (Å²) < 4.78 is 0. The number of hydrogen-bond acceptors (Lipinski definition) is 0. The summed E-state index contributed by atoms with van der Waals surface area (Å²) in [6, 6.07) is 70.8. The molecule has 0 aromatic heterocycles. The number of benzene rings is 9. The molecule has 0 spiro atoms. The van der Waals surface area contributed by atoms with E-state index in [0.29, 0.717) is 0 Å². The van der Waals surface area contributed by atoms with Crippen molar-refractivity contribution < 1.29 is 0 Å². The Labute approximate surface area is 281 Å². The molecule has 0 atom stereocenters. The molecule has 0 saturated heterocycles. The van der Waals surface area contributed by atoms with Gasteiger partial charge in [0.15, 0.2) is 0 Å². The van der Waals surface area contributed by atoms with Crippen LogP contribution in [0, 0.1) is 0 Å². The lowest BCUT2D eigenvalue weighted by Crippen LogP contribution is -1.93. The minimum Gasteiger partial charge on any atom is -0.0622 e. The summed E-state index contributed by atoms with van der Waals surface area (Å²) in [5.41, 5.74) is 12.3. The zero-order chi connectivity index (χ0) is 31.9. The lowest BCUT2D eigenvalue weighted by atomic mass is 9.83. The zero-order valence-electron chi connectivity index (χ0n) is 26.5. The van der Waals surface area contributed by atoms with Gasteiger partial charge in [-0.2, -0.15) is 0 Å². The highest BCUT2D eigenvalue weighted by Crippen LogP contribution is 2.46. The molecule has 48 heavy (non-hydrogen) atoms. The summed E-state index contributed by atoms with van der Waals surface area (Å²) in [6.45, 7) is 0. The summed E-state index contributed by atoms with van der Waals surface area (Å²) in [5.74, 6) is 0. The molecule has 0 unspecified atom stereocenters. The van der Waals surface area contributed by atoms with Gasteiger partial charge in [-0.05, 0) is 118 Å². The molecule has 9 rings (SSSR count). The molecule has 9 aromatic carbocycles. The van der Waals surface area contributed by atoms with E-state index < -0.39 is 0 Å². The number of hydrogen-bond donors (Lipinski definition) is 0. The molecule has 9 aromatic rings. The van der Waals surface area contributed by atoms with E-state index in [1.807, 2.05) is 0 Å². The number of rotatable bonds is 5. The van der Waals surface area contributed by atoms with Gasteiger partial charge >= 0.3 is 0 Å². The third-order valence-corrected chi connectivity index (χ3v) is 9.61. The topological polar surface area (TPSA) is 0 Å². The van der Waals surface area contributed by atoms with Crippen LogP contribution in [0.4, 0.5) is 0 Å². The standard InChI is InChI=1S/C48H32/c1-4-16-33(17-5-1)37-29-38(34-18-6-2-7-19-34)31-39(30-37)40-28-36-22-10-11-23-41(36)46(32-40)48-44-26-14-12-24-42(44)47(35-20-8-3-9-21-35)43-25-13-15-27-45(43)48/h1-32H. The highest BCUT2D eigenvalue weighted by atomic mass is 14.2. The molecule has 0 heteroatoms. The van der Waals surface area contributed by atoms with E-state index in [1.165, 1.54) is 88.0 Å². The van der Waals surface area contributed by atoms with Crippen molar-refractivity contribution in [2.24, 2.45) is 0 Å². The zero-order valence-corrected chi connectivity index (χ0v) is 26.5. The normalized spacial score (nSPS) is 11.3. The van der Waals surface area contributed by atoms with Crippen molar-refractivity contribution in [2.45, 2.75) is 0 Å². The van der Waals surface area contributed by atoms with Crippen LogP contribution in [0.5, 0.6) is 0 Å². The van der Waals surface area contributed by atoms with Crippen LogP contribution in [0.25, 0.3) is 88.0 Å². The van der Waals surface area contributed by atoms with Crippen molar-refractivity contribution in [1.82, 2.24) is 0 Å². The predicted octanol–water partition coefficient (Wildman–Crippen LogP) is 13.5. The van der Waals surface area contributed by atoms with Crippen LogP contribution in [0.1, 0.15) is 0 Å². The van der Waals surface area contributed by atoms with Crippen molar-refractivity contribution in [1.29, 1.82) is 0 Å². The summed E-state index contributed by atoms with van der Waals surface area (Å²) in [7, 11) is 0. The van der Waals surface area contributed by atoms with Gasteiger partial charge in [-0.15, -0.1) is 0 Å². The van der Waals surface area contributed by atoms with E-state index in [-0.39, 0.29) is 0 Å². The van der Waals surface area contributed by atoms with Crippen molar-refractivity contribution >= 4 is 32.3 Å². The first-order chi connectivity index (χ1) is 23.8. The Kier molecular flexibility index (Phi) is 6.91. The highest BCUT2D eigenvalue weighted by Gasteiger charge is 2.19. The van der Waals surface area contributed by atoms with Crippen LogP contribution >= 0.6 is 0 Å². The second-order valence-corrected chi connectivity index (χ2v) is 12.5. The van der Waals surface area contributed by atoms with Gasteiger partial charge < -0.3 is 0 Å². The molecule has 0 nitrogen and oxygen atoms in total. The first kappa shape index (κ1) is 28.0. The fourth-order valence-corrected chi connectivity index (χ4v) is 7.41. The van der Waals surface area contributed by atoms with Gasteiger partial charge in [-0.3, -0.25) is 0 Å². The summed E-state index contributed by atoms with van der Waals surface area (Å²) in [5, 5.41) is 7.55. The van der Waals surface area contributed by atoms with Crippen molar-refractivity contribution in [2.75, 3.05) is 0 Å². The molecule has 0 radical (unpaired) electrons. The molecule has 0 aliphatic carbocycles. The van der Waals surface area contributed by atoms with Gasteiger partial charge in [0.25, 0.3) is 0 Å². The maximum Gasteiger partial charge on any atom is -0.00199 e.